The zero-order valence-electron chi connectivity index (χ0n) is 14.2. The number of alkyl halides is 3. The Morgan fingerprint density at radius 1 is 1.19 bits per heavy atom. The van der Waals surface area contributed by atoms with E-state index in [4.69, 9.17) is 4.74 Å². The molecule has 2 N–H and O–H groups in total. The van der Waals surface area contributed by atoms with E-state index < -0.39 is 11.9 Å². The molecular formula is C15H18F3N7O. The maximum Gasteiger partial charge on any atom is 0.435 e. The fourth-order valence-corrected chi connectivity index (χ4v) is 2.73. The van der Waals surface area contributed by atoms with Gasteiger partial charge in [-0.15, -0.1) is 10.2 Å². The van der Waals surface area contributed by atoms with Gasteiger partial charge >= 0.3 is 6.18 Å². The highest BCUT2D eigenvalue weighted by atomic mass is 19.4. The van der Waals surface area contributed by atoms with E-state index in [0.29, 0.717) is 19.0 Å². The molecule has 3 heterocycles. The summed E-state index contributed by atoms with van der Waals surface area (Å²) in [5.74, 6) is 1.49. The van der Waals surface area contributed by atoms with Crippen molar-refractivity contribution in [2.45, 2.75) is 18.3 Å². The Morgan fingerprint density at radius 2 is 2.00 bits per heavy atom. The van der Waals surface area contributed by atoms with Gasteiger partial charge in [-0.05, 0) is 18.2 Å². The van der Waals surface area contributed by atoms with Crippen molar-refractivity contribution in [3.63, 3.8) is 0 Å². The predicted molar refractivity (Wildman–Crippen MR) is 89.0 cm³/mol. The minimum Gasteiger partial charge on any atom is -0.377 e. The molecule has 11 heteroatoms. The molecule has 2 aromatic heterocycles. The Kier molecular flexibility index (Phi) is 5.07. The van der Waals surface area contributed by atoms with Crippen LogP contribution in [0, 0.1) is 0 Å². The normalized spacial score (nSPS) is 20.3. The lowest BCUT2D eigenvalue weighted by Gasteiger charge is -2.18. The van der Waals surface area contributed by atoms with E-state index in [9.17, 15) is 13.2 Å². The first-order valence-electron chi connectivity index (χ1n) is 7.86. The van der Waals surface area contributed by atoms with Gasteiger partial charge in [-0.3, -0.25) is 0 Å². The monoisotopic (exact) mass is 369 g/mol. The van der Waals surface area contributed by atoms with E-state index >= 15 is 0 Å². The quantitative estimate of drug-likeness (QED) is 0.823. The van der Waals surface area contributed by atoms with Crippen LogP contribution in [0.3, 0.4) is 0 Å². The van der Waals surface area contributed by atoms with Gasteiger partial charge in [0.05, 0.1) is 12.1 Å². The molecule has 1 aliphatic rings. The highest BCUT2D eigenvalue weighted by molar-refractivity contribution is 5.46. The van der Waals surface area contributed by atoms with Crippen molar-refractivity contribution >= 4 is 17.6 Å². The van der Waals surface area contributed by atoms with Gasteiger partial charge < -0.3 is 20.3 Å². The van der Waals surface area contributed by atoms with Crippen molar-refractivity contribution in [1.82, 2.24) is 20.2 Å². The van der Waals surface area contributed by atoms with Crippen molar-refractivity contribution < 1.29 is 17.9 Å². The lowest BCUT2D eigenvalue weighted by molar-refractivity contribution is -0.141. The Morgan fingerprint density at radius 3 is 2.62 bits per heavy atom. The summed E-state index contributed by atoms with van der Waals surface area (Å²) in [6.45, 7) is 1.11. The SMILES string of the molecule is CNc1nccc(N2C[C@H](OC)[C@H](Nc3ccc(C(F)(F)F)nn3)C2)n1. The molecule has 2 atom stereocenters. The highest BCUT2D eigenvalue weighted by Gasteiger charge is 2.35. The smallest absolute Gasteiger partial charge is 0.377 e. The summed E-state index contributed by atoms with van der Waals surface area (Å²) >= 11 is 0. The van der Waals surface area contributed by atoms with Crippen molar-refractivity contribution in [1.29, 1.82) is 0 Å². The van der Waals surface area contributed by atoms with Crippen LogP contribution in [0.4, 0.5) is 30.8 Å². The van der Waals surface area contributed by atoms with Crippen LogP contribution in [-0.2, 0) is 10.9 Å². The van der Waals surface area contributed by atoms with Crippen molar-refractivity contribution in [2.24, 2.45) is 0 Å². The summed E-state index contributed by atoms with van der Waals surface area (Å²) in [5, 5.41) is 12.8. The standard InChI is InChI=1S/C15H18F3N7O/c1-19-14-20-6-5-13(22-14)25-7-9(10(8-25)26-2)21-12-4-3-11(23-24-12)15(16,17)18/h3-6,9-10H,7-8H2,1-2H3,(H,21,24)(H,19,20,22)/t9-,10+/m1/s1. The molecule has 0 aliphatic carbocycles. The number of anilines is 3. The molecule has 140 valence electrons. The van der Waals surface area contributed by atoms with E-state index in [1.165, 1.54) is 6.07 Å². The highest BCUT2D eigenvalue weighted by Crippen LogP contribution is 2.28. The second-order valence-corrected chi connectivity index (χ2v) is 5.72. The van der Waals surface area contributed by atoms with Gasteiger partial charge in [0.1, 0.15) is 11.6 Å². The molecule has 0 saturated carbocycles. The second kappa shape index (κ2) is 7.28. The third kappa shape index (κ3) is 3.93. The molecule has 1 aliphatic heterocycles. The van der Waals surface area contributed by atoms with Gasteiger partial charge in [0.25, 0.3) is 0 Å². The van der Waals surface area contributed by atoms with Crippen LogP contribution in [0.2, 0.25) is 0 Å². The van der Waals surface area contributed by atoms with E-state index in [2.05, 4.69) is 30.8 Å². The number of halogens is 3. The van der Waals surface area contributed by atoms with Crippen LogP contribution in [0.5, 0.6) is 0 Å². The average Bonchev–Trinajstić information content (AvgIpc) is 3.04. The lowest BCUT2D eigenvalue weighted by atomic mass is 10.2. The van der Waals surface area contributed by atoms with Gasteiger partial charge in [0.15, 0.2) is 5.69 Å². The number of aromatic nitrogens is 4. The Labute approximate surface area is 147 Å². The van der Waals surface area contributed by atoms with Gasteiger partial charge in [0.2, 0.25) is 5.95 Å². The van der Waals surface area contributed by atoms with Crippen molar-refractivity contribution in [3.05, 3.63) is 30.1 Å². The molecule has 0 bridgehead atoms. The number of nitrogens with one attached hydrogen (secondary N) is 2. The van der Waals surface area contributed by atoms with E-state index in [0.717, 1.165) is 11.9 Å². The van der Waals surface area contributed by atoms with E-state index in [-0.39, 0.29) is 18.0 Å². The number of hydrogen-bond donors (Lipinski definition) is 2. The summed E-state index contributed by atoms with van der Waals surface area (Å²) in [6.07, 6.45) is -3.05. The first-order valence-corrected chi connectivity index (χ1v) is 7.86. The van der Waals surface area contributed by atoms with Gasteiger partial charge in [-0.2, -0.15) is 18.2 Å². The maximum absolute atomic E-state index is 12.6. The van der Waals surface area contributed by atoms with Crippen LogP contribution in [0.1, 0.15) is 5.69 Å². The third-order valence-corrected chi connectivity index (χ3v) is 4.05. The largest absolute Gasteiger partial charge is 0.435 e. The first-order chi connectivity index (χ1) is 12.4. The van der Waals surface area contributed by atoms with E-state index in [1.807, 2.05) is 4.90 Å². The average molecular weight is 369 g/mol. The molecule has 26 heavy (non-hydrogen) atoms. The van der Waals surface area contributed by atoms with Crippen molar-refractivity contribution in [3.8, 4) is 0 Å². The number of methoxy groups -OCH3 is 1. The summed E-state index contributed by atoms with van der Waals surface area (Å²) in [4.78, 5) is 10.5. The minimum absolute atomic E-state index is 0.181. The Balaban J connectivity index is 1.71. The molecule has 3 rings (SSSR count). The zero-order chi connectivity index (χ0) is 18.7. The number of rotatable bonds is 5. The minimum atomic E-state index is -4.51. The fourth-order valence-electron chi connectivity index (χ4n) is 2.73. The molecule has 8 nitrogen and oxygen atoms in total. The van der Waals surface area contributed by atoms with Crippen LogP contribution in [0.15, 0.2) is 24.4 Å². The van der Waals surface area contributed by atoms with Gasteiger partial charge in [0, 0.05) is 33.4 Å². The maximum atomic E-state index is 12.6. The topological polar surface area (TPSA) is 88.1 Å². The molecule has 0 amide bonds. The molecule has 2 aromatic rings. The molecule has 0 unspecified atom stereocenters. The molecule has 1 fully saturated rings. The first kappa shape index (κ1) is 18.1. The lowest BCUT2D eigenvalue weighted by Crippen LogP contribution is -2.34. The van der Waals surface area contributed by atoms with Crippen molar-refractivity contribution in [2.75, 3.05) is 42.8 Å². The van der Waals surface area contributed by atoms with Crippen LogP contribution in [0.25, 0.3) is 0 Å². The Bertz CT molecular complexity index is 741. The molecule has 0 spiro atoms. The zero-order valence-corrected chi connectivity index (χ0v) is 14.2. The van der Waals surface area contributed by atoms with Crippen LogP contribution in [-0.4, -0.2) is 59.6 Å². The molecular weight excluding hydrogens is 351 g/mol. The summed E-state index contributed by atoms with van der Waals surface area (Å²) in [7, 11) is 3.31. The summed E-state index contributed by atoms with van der Waals surface area (Å²) in [5.41, 5.74) is -1.03. The fraction of sp³-hybridized carbons (Fsp3) is 0.467. The van der Waals surface area contributed by atoms with Gasteiger partial charge in [-0.1, -0.05) is 0 Å². The number of ether oxygens (including phenoxy) is 1. The number of nitrogens with zero attached hydrogens (tertiary/aromatic N) is 5. The Hall–Kier alpha value is -2.69. The second-order valence-electron chi connectivity index (χ2n) is 5.72. The molecule has 1 saturated heterocycles. The predicted octanol–water partition coefficient (Wildman–Crippen LogP) is 1.64. The molecule has 0 aromatic carbocycles. The third-order valence-electron chi connectivity index (χ3n) is 4.05. The molecule has 0 radical (unpaired) electrons. The van der Waals surface area contributed by atoms with Gasteiger partial charge in [-0.25, -0.2) is 4.98 Å². The number of hydrogen-bond acceptors (Lipinski definition) is 8. The van der Waals surface area contributed by atoms with E-state index in [1.54, 1.807) is 26.4 Å². The van der Waals surface area contributed by atoms with Crippen LogP contribution < -0.4 is 15.5 Å². The summed E-state index contributed by atoms with van der Waals surface area (Å²) < 4.78 is 43.2. The summed E-state index contributed by atoms with van der Waals surface area (Å²) in [6, 6.07) is 3.76. The van der Waals surface area contributed by atoms with Crippen LogP contribution >= 0.6 is 0 Å².